The van der Waals surface area contributed by atoms with Gasteiger partial charge in [-0.25, -0.2) is 4.79 Å². The third-order valence-electron chi connectivity index (χ3n) is 7.31. The molecule has 0 radical (unpaired) electrons. The molecule has 2 amide bonds. The van der Waals surface area contributed by atoms with E-state index in [-0.39, 0.29) is 47.8 Å². The molecule has 2 N–H and O–H groups in total. The van der Waals surface area contributed by atoms with Crippen LogP contribution in [0.5, 0.6) is 0 Å². The number of aldehydes is 1. The molecule has 9 nitrogen and oxygen atoms in total. The maximum absolute atomic E-state index is 12.9. The molecule has 2 saturated heterocycles. The molecule has 2 saturated carbocycles. The predicted molar refractivity (Wildman–Crippen MR) is 112 cm³/mol. The fraction of sp³-hybridized carbons (Fsp3) is 0.826. The number of alkyl carbamates (subject to hydrolysis) is 1. The summed E-state index contributed by atoms with van der Waals surface area (Å²) in [4.78, 5) is 49.1. The maximum atomic E-state index is 12.9. The van der Waals surface area contributed by atoms with E-state index in [4.69, 9.17) is 14.2 Å². The van der Waals surface area contributed by atoms with Crippen LogP contribution in [0, 0.1) is 29.6 Å². The van der Waals surface area contributed by atoms with Crippen LogP contribution in [0.3, 0.4) is 0 Å². The summed E-state index contributed by atoms with van der Waals surface area (Å²) in [5.41, 5.74) is 0. The highest BCUT2D eigenvalue weighted by Gasteiger charge is 2.56. The summed E-state index contributed by atoms with van der Waals surface area (Å²) >= 11 is 0. The molecule has 9 heteroatoms. The van der Waals surface area contributed by atoms with Crippen molar-refractivity contribution in [3.8, 4) is 0 Å². The minimum atomic E-state index is -0.825. The third-order valence-corrected chi connectivity index (χ3v) is 7.31. The topological polar surface area (TPSA) is 120 Å². The number of ketones is 1. The van der Waals surface area contributed by atoms with Gasteiger partial charge in [-0.15, -0.1) is 0 Å². The van der Waals surface area contributed by atoms with Gasteiger partial charge in [-0.2, -0.15) is 0 Å². The summed E-state index contributed by atoms with van der Waals surface area (Å²) in [5, 5.41) is 5.42. The molecule has 0 aromatic heterocycles. The van der Waals surface area contributed by atoms with Crippen molar-refractivity contribution in [2.75, 3.05) is 13.2 Å². The van der Waals surface area contributed by atoms with Gasteiger partial charge in [0, 0.05) is 30.1 Å². The quantitative estimate of drug-likeness (QED) is 0.512. The minimum absolute atomic E-state index is 0.124. The van der Waals surface area contributed by atoms with Crippen molar-refractivity contribution >= 4 is 24.1 Å². The van der Waals surface area contributed by atoms with Gasteiger partial charge >= 0.3 is 6.09 Å². The monoisotopic (exact) mass is 450 g/mol. The standard InChI is InChI=1S/C23H34N2O7/c1-12(2)6-18(21(28)24-15(9-26)7-13-4-3-5-19(13)27)25-23(29)32-20-14-8-16-17(20)11-31-22(16)30-10-14/h9,12-18,20,22H,3-8,10-11H2,1-2H3,(H,24,28)(H,25,29)/t13?,14?,15-,16?,17+,18-,20-,22-/m0/s1. The van der Waals surface area contributed by atoms with Gasteiger partial charge < -0.3 is 29.6 Å². The van der Waals surface area contributed by atoms with Gasteiger partial charge in [0.25, 0.3) is 0 Å². The van der Waals surface area contributed by atoms with E-state index >= 15 is 0 Å². The second kappa shape index (κ2) is 9.87. The minimum Gasteiger partial charge on any atom is -0.445 e. The van der Waals surface area contributed by atoms with Crippen molar-refractivity contribution in [1.82, 2.24) is 10.6 Å². The van der Waals surface area contributed by atoms with Crippen molar-refractivity contribution in [3.05, 3.63) is 0 Å². The van der Waals surface area contributed by atoms with Gasteiger partial charge in [-0.05, 0) is 38.0 Å². The maximum Gasteiger partial charge on any atom is 0.408 e. The zero-order chi connectivity index (χ0) is 22.8. The molecule has 2 aliphatic carbocycles. The molecule has 4 fully saturated rings. The molecule has 2 heterocycles. The van der Waals surface area contributed by atoms with E-state index in [9.17, 15) is 19.2 Å². The van der Waals surface area contributed by atoms with Gasteiger partial charge in [0.1, 0.15) is 24.2 Å². The molecule has 8 atom stereocenters. The van der Waals surface area contributed by atoms with Crippen molar-refractivity contribution in [2.24, 2.45) is 29.6 Å². The Hall–Kier alpha value is -2.00. The first kappa shape index (κ1) is 23.2. The predicted octanol–water partition coefficient (Wildman–Crippen LogP) is 1.58. The normalized spacial score (nSPS) is 34.9. The SMILES string of the molecule is CC(C)C[C@H](NC(=O)O[C@H]1C2CO[C@H]3OC[C@@H]1C3C2)C(=O)N[C@H](C=O)CC1CCCC1=O. The Bertz CT molecular complexity index is 742. The third kappa shape index (κ3) is 4.98. The van der Waals surface area contributed by atoms with E-state index in [1.165, 1.54) is 0 Å². The molecule has 3 unspecified atom stereocenters. The van der Waals surface area contributed by atoms with Crippen LogP contribution in [0.2, 0.25) is 0 Å². The van der Waals surface area contributed by atoms with Gasteiger partial charge in [0.05, 0.1) is 19.3 Å². The lowest BCUT2D eigenvalue weighted by molar-refractivity contribution is -0.169. The first-order valence-electron chi connectivity index (χ1n) is 11.8. The highest BCUT2D eigenvalue weighted by atomic mass is 16.7. The molecular weight excluding hydrogens is 416 g/mol. The van der Waals surface area contributed by atoms with Crippen LogP contribution in [0.25, 0.3) is 0 Å². The lowest BCUT2D eigenvalue weighted by Crippen LogP contribution is -2.52. The highest BCUT2D eigenvalue weighted by Crippen LogP contribution is 2.49. The Morgan fingerprint density at radius 3 is 2.66 bits per heavy atom. The van der Waals surface area contributed by atoms with Crippen LogP contribution >= 0.6 is 0 Å². The van der Waals surface area contributed by atoms with E-state index in [1.54, 1.807) is 0 Å². The number of carbonyl (C=O) groups is 4. The zero-order valence-corrected chi connectivity index (χ0v) is 18.8. The van der Waals surface area contributed by atoms with E-state index in [2.05, 4.69) is 10.6 Å². The molecule has 0 spiro atoms. The Morgan fingerprint density at radius 2 is 1.97 bits per heavy atom. The van der Waals surface area contributed by atoms with Gasteiger partial charge in [-0.3, -0.25) is 9.59 Å². The van der Waals surface area contributed by atoms with Gasteiger partial charge in [0.2, 0.25) is 5.91 Å². The first-order valence-corrected chi connectivity index (χ1v) is 11.8. The van der Waals surface area contributed by atoms with E-state index in [1.807, 2.05) is 13.8 Å². The summed E-state index contributed by atoms with van der Waals surface area (Å²) in [7, 11) is 0. The van der Waals surface area contributed by atoms with Crippen LogP contribution in [0.1, 0.15) is 52.4 Å². The molecule has 4 aliphatic rings. The smallest absolute Gasteiger partial charge is 0.408 e. The van der Waals surface area contributed by atoms with Crippen molar-refractivity contribution in [2.45, 2.75) is 76.9 Å². The Labute approximate surface area is 188 Å². The molecular formula is C23H34N2O7. The van der Waals surface area contributed by atoms with Crippen molar-refractivity contribution in [3.63, 3.8) is 0 Å². The number of hydrogen-bond acceptors (Lipinski definition) is 7. The Kier molecular flexibility index (Phi) is 7.14. The average Bonchev–Trinajstić information content (AvgIpc) is 3.41. The van der Waals surface area contributed by atoms with Crippen molar-refractivity contribution in [1.29, 1.82) is 0 Å². The van der Waals surface area contributed by atoms with E-state index in [0.29, 0.717) is 38.8 Å². The summed E-state index contributed by atoms with van der Waals surface area (Å²) < 4.78 is 17.1. The van der Waals surface area contributed by atoms with Crippen LogP contribution < -0.4 is 10.6 Å². The highest BCUT2D eigenvalue weighted by molar-refractivity contribution is 5.88. The largest absolute Gasteiger partial charge is 0.445 e. The number of fused-ring (bicyclic) bond motifs is 1. The molecule has 2 bridgehead atoms. The lowest BCUT2D eigenvalue weighted by atomic mass is 9.97. The van der Waals surface area contributed by atoms with Crippen LogP contribution in [0.4, 0.5) is 4.79 Å². The Morgan fingerprint density at radius 1 is 1.19 bits per heavy atom. The number of amides is 2. The van der Waals surface area contributed by atoms with Gasteiger partial charge in [0.15, 0.2) is 6.29 Å². The lowest BCUT2D eigenvalue weighted by Gasteiger charge is -2.28. The Balaban J connectivity index is 1.33. The van der Waals surface area contributed by atoms with E-state index in [0.717, 1.165) is 19.3 Å². The summed E-state index contributed by atoms with van der Waals surface area (Å²) in [5.74, 6) is 0.198. The number of carbonyl (C=O) groups excluding carboxylic acids is 4. The molecule has 0 aromatic carbocycles. The second-order valence-corrected chi connectivity index (χ2v) is 10.1. The molecule has 32 heavy (non-hydrogen) atoms. The fourth-order valence-electron chi connectivity index (χ4n) is 5.73. The summed E-state index contributed by atoms with van der Waals surface area (Å²) in [6.07, 6.45) is 3.29. The number of rotatable bonds is 9. The fourth-order valence-corrected chi connectivity index (χ4v) is 5.73. The molecule has 0 aromatic rings. The number of Topliss-reactive ketones (excluding diaryl/α,β-unsaturated/α-hetero) is 1. The van der Waals surface area contributed by atoms with Crippen LogP contribution in [0.15, 0.2) is 0 Å². The van der Waals surface area contributed by atoms with E-state index < -0.39 is 24.1 Å². The second-order valence-electron chi connectivity index (χ2n) is 10.1. The average molecular weight is 451 g/mol. The zero-order valence-electron chi connectivity index (χ0n) is 18.8. The summed E-state index contributed by atoms with van der Waals surface area (Å²) in [6.45, 7) is 4.93. The van der Waals surface area contributed by atoms with Crippen LogP contribution in [-0.2, 0) is 28.6 Å². The molecule has 178 valence electrons. The summed E-state index contributed by atoms with van der Waals surface area (Å²) in [6, 6.07) is -1.57. The molecule has 4 rings (SSSR count). The molecule has 2 aliphatic heterocycles. The number of ether oxygens (including phenoxy) is 3. The first-order chi connectivity index (χ1) is 15.4. The number of hydrogen-bond donors (Lipinski definition) is 2. The van der Waals surface area contributed by atoms with Gasteiger partial charge in [-0.1, -0.05) is 13.8 Å². The number of nitrogens with one attached hydrogen (secondary N) is 2. The van der Waals surface area contributed by atoms with Crippen LogP contribution in [-0.4, -0.2) is 61.8 Å². The van der Waals surface area contributed by atoms with Crippen molar-refractivity contribution < 1.29 is 33.4 Å².